The van der Waals surface area contributed by atoms with Crippen molar-refractivity contribution in [3.8, 4) is 0 Å². The van der Waals surface area contributed by atoms with E-state index in [9.17, 15) is 9.59 Å². The van der Waals surface area contributed by atoms with Crippen LogP contribution in [0.3, 0.4) is 0 Å². The number of nitrogens with zero attached hydrogens (tertiary/aromatic N) is 2. The summed E-state index contributed by atoms with van der Waals surface area (Å²) in [5.41, 5.74) is 0.685. The zero-order valence-corrected chi connectivity index (χ0v) is 14.0. The zero-order chi connectivity index (χ0) is 16.4. The van der Waals surface area contributed by atoms with E-state index in [1.807, 2.05) is 31.4 Å². The van der Waals surface area contributed by atoms with E-state index in [-0.39, 0.29) is 24.3 Å². The van der Waals surface area contributed by atoms with Crippen LogP contribution >= 0.6 is 11.3 Å². The Hall–Kier alpha value is -2.15. The van der Waals surface area contributed by atoms with E-state index in [1.54, 1.807) is 4.90 Å². The highest BCUT2D eigenvalue weighted by Crippen LogP contribution is 2.25. The van der Waals surface area contributed by atoms with Crippen LogP contribution in [0.25, 0.3) is 0 Å². The van der Waals surface area contributed by atoms with Crippen molar-refractivity contribution < 1.29 is 14.0 Å². The molecule has 1 aliphatic rings. The number of carbonyl (C=O) groups excluding carboxylic acids is 2. The summed E-state index contributed by atoms with van der Waals surface area (Å²) in [7, 11) is 0. The third-order valence-corrected chi connectivity index (χ3v) is 4.66. The fourth-order valence-corrected chi connectivity index (χ4v) is 3.43. The molecule has 1 atom stereocenters. The van der Waals surface area contributed by atoms with Gasteiger partial charge in [-0.25, -0.2) is 4.98 Å². The lowest BCUT2D eigenvalue weighted by Crippen LogP contribution is -2.28. The SMILES string of the molecule is Cc1ccc([C@@H](C)NC(=O)Cc2csc(N3CCCC3=O)n2)o1. The lowest BCUT2D eigenvalue weighted by molar-refractivity contribution is -0.121. The fraction of sp³-hybridized carbons (Fsp3) is 0.438. The maximum atomic E-state index is 12.1. The van der Waals surface area contributed by atoms with Crippen molar-refractivity contribution in [2.24, 2.45) is 0 Å². The molecule has 3 rings (SSSR count). The summed E-state index contributed by atoms with van der Waals surface area (Å²) in [6, 6.07) is 3.55. The third-order valence-electron chi connectivity index (χ3n) is 3.75. The molecular formula is C16H19N3O3S. The lowest BCUT2D eigenvalue weighted by Gasteiger charge is -2.11. The first-order valence-electron chi connectivity index (χ1n) is 7.63. The summed E-state index contributed by atoms with van der Waals surface area (Å²) in [4.78, 5) is 29.9. The number of nitrogens with one attached hydrogen (secondary N) is 1. The van der Waals surface area contributed by atoms with Crippen LogP contribution in [0, 0.1) is 6.92 Å². The number of hydrogen-bond donors (Lipinski definition) is 1. The third kappa shape index (κ3) is 3.61. The van der Waals surface area contributed by atoms with Crippen LogP contribution in [0.5, 0.6) is 0 Å². The number of aryl methyl sites for hydroxylation is 1. The summed E-state index contributed by atoms with van der Waals surface area (Å²) in [5.74, 6) is 1.55. The van der Waals surface area contributed by atoms with Gasteiger partial charge < -0.3 is 9.73 Å². The molecule has 0 bridgehead atoms. The molecule has 1 saturated heterocycles. The summed E-state index contributed by atoms with van der Waals surface area (Å²) < 4.78 is 5.51. The van der Waals surface area contributed by atoms with Crippen LogP contribution in [0.4, 0.5) is 5.13 Å². The molecule has 0 aliphatic carbocycles. The Morgan fingerprint density at radius 2 is 2.35 bits per heavy atom. The molecule has 7 heteroatoms. The van der Waals surface area contributed by atoms with Crippen molar-refractivity contribution in [3.63, 3.8) is 0 Å². The Bertz CT molecular complexity index is 722. The Kier molecular flexibility index (Phi) is 4.47. The largest absolute Gasteiger partial charge is 0.464 e. The van der Waals surface area contributed by atoms with Gasteiger partial charge in [0.05, 0.1) is 18.2 Å². The summed E-state index contributed by atoms with van der Waals surface area (Å²) >= 11 is 1.41. The van der Waals surface area contributed by atoms with Crippen LogP contribution in [0.2, 0.25) is 0 Å². The minimum Gasteiger partial charge on any atom is -0.464 e. The second-order valence-electron chi connectivity index (χ2n) is 5.68. The van der Waals surface area contributed by atoms with Crippen LogP contribution in [0.15, 0.2) is 21.9 Å². The Labute approximate surface area is 138 Å². The number of furan rings is 1. The number of rotatable bonds is 5. The van der Waals surface area contributed by atoms with Crippen molar-refractivity contribution in [1.29, 1.82) is 0 Å². The van der Waals surface area contributed by atoms with Crippen molar-refractivity contribution in [3.05, 3.63) is 34.7 Å². The number of anilines is 1. The molecular weight excluding hydrogens is 314 g/mol. The predicted octanol–water partition coefficient (Wildman–Crippen LogP) is 2.59. The van der Waals surface area contributed by atoms with Crippen molar-refractivity contribution in [1.82, 2.24) is 10.3 Å². The standard InChI is InChI=1S/C16H19N3O3S/c1-10-5-6-13(22-10)11(2)17-14(20)8-12-9-23-16(18-12)19-7-3-4-15(19)21/h5-6,9,11H,3-4,7-8H2,1-2H3,(H,17,20)/t11-/m1/s1. The minimum atomic E-state index is -0.186. The van der Waals surface area contributed by atoms with Gasteiger partial charge in [-0.05, 0) is 32.4 Å². The molecule has 2 aromatic heterocycles. The Morgan fingerprint density at radius 3 is 3.00 bits per heavy atom. The van der Waals surface area contributed by atoms with E-state index in [2.05, 4.69) is 10.3 Å². The molecule has 0 radical (unpaired) electrons. The van der Waals surface area contributed by atoms with Crippen LogP contribution < -0.4 is 10.2 Å². The predicted molar refractivity (Wildman–Crippen MR) is 87.4 cm³/mol. The molecule has 0 unspecified atom stereocenters. The van der Waals surface area contributed by atoms with Crippen LogP contribution in [-0.4, -0.2) is 23.3 Å². The second kappa shape index (κ2) is 6.54. The molecule has 2 amide bonds. The summed E-state index contributed by atoms with van der Waals surface area (Å²) in [5, 5.41) is 5.42. The first kappa shape index (κ1) is 15.7. The zero-order valence-electron chi connectivity index (χ0n) is 13.2. The van der Waals surface area contributed by atoms with Gasteiger partial charge in [0.1, 0.15) is 11.5 Å². The van der Waals surface area contributed by atoms with Gasteiger partial charge in [0.2, 0.25) is 11.8 Å². The van der Waals surface area contributed by atoms with Crippen molar-refractivity contribution in [2.75, 3.05) is 11.4 Å². The molecule has 23 heavy (non-hydrogen) atoms. The topological polar surface area (TPSA) is 75.4 Å². The van der Waals surface area contributed by atoms with Gasteiger partial charge in [-0.15, -0.1) is 11.3 Å². The number of amides is 2. The molecule has 6 nitrogen and oxygen atoms in total. The Morgan fingerprint density at radius 1 is 1.52 bits per heavy atom. The molecule has 3 heterocycles. The Balaban J connectivity index is 1.58. The fourth-order valence-electron chi connectivity index (χ4n) is 2.57. The van der Waals surface area contributed by atoms with Crippen LogP contribution in [0.1, 0.15) is 43.0 Å². The molecule has 0 saturated carbocycles. The summed E-state index contributed by atoms with van der Waals surface area (Å²) in [6.07, 6.45) is 1.65. The average molecular weight is 333 g/mol. The molecule has 0 aromatic carbocycles. The number of aromatic nitrogens is 1. The minimum absolute atomic E-state index is 0.108. The summed E-state index contributed by atoms with van der Waals surface area (Å²) in [6.45, 7) is 4.47. The van der Waals surface area contributed by atoms with Crippen molar-refractivity contribution in [2.45, 2.75) is 39.2 Å². The quantitative estimate of drug-likeness (QED) is 0.912. The highest BCUT2D eigenvalue weighted by Gasteiger charge is 2.24. The number of carbonyl (C=O) groups is 2. The lowest BCUT2D eigenvalue weighted by atomic mass is 10.2. The number of hydrogen-bond acceptors (Lipinski definition) is 5. The molecule has 1 fully saturated rings. The maximum absolute atomic E-state index is 12.1. The highest BCUT2D eigenvalue weighted by molar-refractivity contribution is 7.14. The van der Waals surface area contributed by atoms with E-state index < -0.39 is 0 Å². The van der Waals surface area contributed by atoms with Gasteiger partial charge in [-0.2, -0.15) is 0 Å². The maximum Gasteiger partial charge on any atom is 0.228 e. The van der Waals surface area contributed by atoms with Crippen molar-refractivity contribution >= 4 is 28.3 Å². The second-order valence-corrected chi connectivity index (χ2v) is 6.52. The number of thiazole rings is 1. The van der Waals surface area contributed by atoms with Gasteiger partial charge in [-0.3, -0.25) is 14.5 Å². The first-order valence-corrected chi connectivity index (χ1v) is 8.51. The monoisotopic (exact) mass is 333 g/mol. The van der Waals surface area contributed by atoms with Crippen LogP contribution in [-0.2, 0) is 16.0 Å². The molecule has 2 aromatic rings. The van der Waals surface area contributed by atoms with E-state index in [4.69, 9.17) is 4.42 Å². The van der Waals surface area contributed by atoms with E-state index in [0.29, 0.717) is 23.8 Å². The molecule has 1 aliphatic heterocycles. The van der Waals surface area contributed by atoms with Gasteiger partial charge in [0, 0.05) is 18.3 Å². The van der Waals surface area contributed by atoms with E-state index in [1.165, 1.54) is 11.3 Å². The van der Waals surface area contributed by atoms with E-state index in [0.717, 1.165) is 17.9 Å². The van der Waals surface area contributed by atoms with E-state index >= 15 is 0 Å². The smallest absolute Gasteiger partial charge is 0.228 e. The van der Waals surface area contributed by atoms with Gasteiger partial charge in [0.15, 0.2) is 5.13 Å². The normalized spacial score (nSPS) is 15.9. The molecule has 0 spiro atoms. The van der Waals surface area contributed by atoms with Gasteiger partial charge in [-0.1, -0.05) is 0 Å². The highest BCUT2D eigenvalue weighted by atomic mass is 32.1. The van der Waals surface area contributed by atoms with Gasteiger partial charge >= 0.3 is 0 Å². The average Bonchev–Trinajstić information content (AvgIpc) is 3.20. The molecule has 122 valence electrons. The van der Waals surface area contributed by atoms with Gasteiger partial charge in [0.25, 0.3) is 0 Å². The first-order chi connectivity index (χ1) is 11.0. The molecule has 1 N–H and O–H groups in total.